The van der Waals surface area contributed by atoms with Crippen LogP contribution in [0.25, 0.3) is 67.3 Å². The average Bonchev–Trinajstić information content (AvgIpc) is 3.67. The fraction of sp³-hybridized carbons (Fsp3) is 0.0392. The van der Waals surface area contributed by atoms with Crippen LogP contribution in [0.15, 0.2) is 200 Å². The maximum atomic E-state index is 6.75. The summed E-state index contributed by atoms with van der Waals surface area (Å²) in [6.07, 6.45) is 4.14. The quantitative estimate of drug-likeness (QED) is 0.166. The molecule has 0 N–H and O–H groups in total. The number of hydrogen-bond acceptors (Lipinski definition) is 4. The lowest BCUT2D eigenvalue weighted by Gasteiger charge is -2.27. The van der Waals surface area contributed by atoms with E-state index in [1.807, 2.05) is 18.2 Å². The molecule has 7 aromatic carbocycles. The van der Waals surface area contributed by atoms with Crippen molar-refractivity contribution >= 4 is 11.1 Å². The highest BCUT2D eigenvalue weighted by Crippen LogP contribution is 2.51. The molecule has 8 aromatic rings. The summed E-state index contributed by atoms with van der Waals surface area (Å²) < 4.78 is 6.75. The smallest absolute Gasteiger partial charge is 0.164 e. The van der Waals surface area contributed by atoms with Crippen molar-refractivity contribution in [3.8, 4) is 61.9 Å². The van der Waals surface area contributed by atoms with Gasteiger partial charge in [0.15, 0.2) is 17.5 Å². The van der Waals surface area contributed by atoms with Crippen molar-refractivity contribution in [1.82, 2.24) is 15.0 Å². The normalized spacial score (nSPS) is 15.6. The molecular formula is C51H35N3O. The summed E-state index contributed by atoms with van der Waals surface area (Å²) in [4.78, 5) is 15.8. The minimum atomic E-state index is -0.219. The highest BCUT2D eigenvalue weighted by Gasteiger charge is 2.42. The minimum absolute atomic E-state index is 0.0969. The number of para-hydroxylation sites is 1. The van der Waals surface area contributed by atoms with E-state index in [1.54, 1.807) is 0 Å². The zero-order valence-electron chi connectivity index (χ0n) is 30.0. The molecule has 0 amide bonds. The summed E-state index contributed by atoms with van der Waals surface area (Å²) in [5, 5.41) is 0. The molecule has 0 spiro atoms. The lowest BCUT2D eigenvalue weighted by Crippen LogP contribution is -2.25. The Balaban J connectivity index is 1.16. The van der Waals surface area contributed by atoms with Gasteiger partial charge in [-0.2, -0.15) is 0 Å². The summed E-state index contributed by atoms with van der Waals surface area (Å²) in [6, 6.07) is 65.4. The standard InChI is InChI=1S/C51H35N3O/c1-5-15-34(16-6-1)35-25-27-39(28-26-35)49-52-50(40-29-30-41(36-17-7-2-8-18-36)45(33-40)38-21-11-4-12-22-38)54-51(53-49)44-32-31-42(37-19-9-3-10-20-37)48-47(44)43-23-13-14-24-46(43)55-48/h1-33,47-48H. The number of hydrogen-bond donors (Lipinski definition) is 0. The van der Waals surface area contributed by atoms with E-state index in [4.69, 9.17) is 19.7 Å². The van der Waals surface area contributed by atoms with E-state index in [-0.39, 0.29) is 12.0 Å². The zero-order valence-corrected chi connectivity index (χ0v) is 30.0. The van der Waals surface area contributed by atoms with Crippen molar-refractivity contribution in [2.24, 2.45) is 0 Å². The lowest BCUT2D eigenvalue weighted by atomic mass is 9.79. The third-order valence-corrected chi connectivity index (χ3v) is 10.6. The van der Waals surface area contributed by atoms with Crippen LogP contribution in [0, 0.1) is 0 Å². The van der Waals surface area contributed by atoms with Crippen LogP contribution < -0.4 is 4.74 Å². The molecule has 0 bridgehead atoms. The molecule has 0 fully saturated rings. The maximum Gasteiger partial charge on any atom is 0.164 e. The highest BCUT2D eigenvalue weighted by molar-refractivity contribution is 5.88. The van der Waals surface area contributed by atoms with E-state index >= 15 is 0 Å². The molecule has 4 heteroatoms. The molecule has 4 nitrogen and oxygen atoms in total. The third-order valence-electron chi connectivity index (χ3n) is 10.6. The van der Waals surface area contributed by atoms with Gasteiger partial charge in [0, 0.05) is 27.8 Å². The van der Waals surface area contributed by atoms with Crippen LogP contribution >= 0.6 is 0 Å². The van der Waals surface area contributed by atoms with Gasteiger partial charge < -0.3 is 4.74 Å². The van der Waals surface area contributed by atoms with Gasteiger partial charge in [-0.05, 0) is 51.1 Å². The molecule has 10 rings (SSSR count). The first-order chi connectivity index (χ1) is 27.3. The lowest BCUT2D eigenvalue weighted by molar-refractivity contribution is 0.281. The minimum Gasteiger partial charge on any atom is -0.484 e. The third kappa shape index (κ3) is 6.14. The van der Waals surface area contributed by atoms with Gasteiger partial charge in [-0.3, -0.25) is 0 Å². The SMILES string of the molecule is C1=C(c2ccccc2)C2Oc3ccccc3C2C(c2nc(-c3ccc(-c4ccccc4)cc3)nc(-c3ccc(-c4ccccc4)c(-c4ccccc4)c3)n2)=C1. The second kappa shape index (κ2) is 14.0. The fourth-order valence-electron chi connectivity index (χ4n) is 7.88. The Morgan fingerprint density at radius 1 is 0.345 bits per heavy atom. The van der Waals surface area contributed by atoms with E-state index in [0.29, 0.717) is 17.5 Å². The van der Waals surface area contributed by atoms with Crippen molar-refractivity contribution in [1.29, 1.82) is 0 Å². The van der Waals surface area contributed by atoms with Crippen LogP contribution in [-0.2, 0) is 0 Å². The van der Waals surface area contributed by atoms with Crippen molar-refractivity contribution in [2.45, 2.75) is 12.0 Å². The maximum absolute atomic E-state index is 6.75. The van der Waals surface area contributed by atoms with E-state index in [2.05, 4.69) is 182 Å². The van der Waals surface area contributed by atoms with E-state index in [9.17, 15) is 0 Å². The Morgan fingerprint density at radius 2 is 0.818 bits per heavy atom. The molecule has 1 aliphatic heterocycles. The number of benzene rings is 7. The number of ether oxygens (including phenoxy) is 1. The fourth-order valence-corrected chi connectivity index (χ4v) is 7.88. The monoisotopic (exact) mass is 705 g/mol. The Hall–Kier alpha value is -7.17. The highest BCUT2D eigenvalue weighted by atomic mass is 16.5. The Morgan fingerprint density at radius 3 is 1.49 bits per heavy atom. The van der Waals surface area contributed by atoms with Gasteiger partial charge in [0.2, 0.25) is 0 Å². The molecule has 1 aromatic heterocycles. The van der Waals surface area contributed by atoms with Gasteiger partial charge in [-0.15, -0.1) is 0 Å². The summed E-state index contributed by atoms with van der Waals surface area (Å²) in [7, 11) is 0. The first kappa shape index (κ1) is 32.5. The number of aromatic nitrogens is 3. The van der Waals surface area contributed by atoms with Crippen LogP contribution in [0.3, 0.4) is 0 Å². The van der Waals surface area contributed by atoms with Crippen molar-refractivity contribution < 1.29 is 4.74 Å². The molecule has 1 aliphatic carbocycles. The van der Waals surface area contributed by atoms with Gasteiger partial charge in [0.05, 0.1) is 5.92 Å². The van der Waals surface area contributed by atoms with E-state index in [0.717, 1.165) is 72.5 Å². The van der Waals surface area contributed by atoms with Crippen molar-refractivity contribution in [2.75, 3.05) is 0 Å². The van der Waals surface area contributed by atoms with Crippen molar-refractivity contribution in [3.63, 3.8) is 0 Å². The van der Waals surface area contributed by atoms with Crippen molar-refractivity contribution in [3.05, 3.63) is 217 Å². The number of nitrogens with zero attached hydrogens (tertiary/aromatic N) is 3. The largest absolute Gasteiger partial charge is 0.484 e. The van der Waals surface area contributed by atoms with Gasteiger partial charge >= 0.3 is 0 Å². The Labute approximate surface area is 320 Å². The first-order valence-corrected chi connectivity index (χ1v) is 18.7. The summed E-state index contributed by atoms with van der Waals surface area (Å²) in [5.41, 5.74) is 13.1. The number of fused-ring (bicyclic) bond motifs is 3. The van der Waals surface area contributed by atoms with Gasteiger partial charge in [0.1, 0.15) is 11.9 Å². The molecule has 2 atom stereocenters. The predicted octanol–water partition coefficient (Wildman–Crippen LogP) is 12.2. The molecule has 2 heterocycles. The topological polar surface area (TPSA) is 47.9 Å². The number of rotatable bonds is 7. The molecule has 2 unspecified atom stereocenters. The molecule has 260 valence electrons. The molecule has 0 saturated heterocycles. The first-order valence-electron chi connectivity index (χ1n) is 18.7. The van der Waals surface area contributed by atoms with Crippen LogP contribution in [0.5, 0.6) is 5.75 Å². The van der Waals surface area contributed by atoms with Crippen LogP contribution in [-0.4, -0.2) is 21.1 Å². The van der Waals surface area contributed by atoms with Gasteiger partial charge in [0.25, 0.3) is 0 Å². The Kier molecular flexibility index (Phi) is 8.27. The van der Waals surface area contributed by atoms with Crippen LogP contribution in [0.4, 0.5) is 0 Å². The molecule has 0 saturated carbocycles. The summed E-state index contributed by atoms with van der Waals surface area (Å²) in [5.74, 6) is 2.67. The molecule has 2 aliphatic rings. The van der Waals surface area contributed by atoms with Gasteiger partial charge in [-0.1, -0.05) is 188 Å². The summed E-state index contributed by atoms with van der Waals surface area (Å²) >= 11 is 0. The Bertz CT molecular complexity index is 2710. The summed E-state index contributed by atoms with van der Waals surface area (Å²) in [6.45, 7) is 0. The van der Waals surface area contributed by atoms with Crippen LogP contribution in [0.2, 0.25) is 0 Å². The zero-order chi connectivity index (χ0) is 36.6. The average molecular weight is 706 g/mol. The molecule has 0 radical (unpaired) electrons. The van der Waals surface area contributed by atoms with Gasteiger partial charge in [-0.25, -0.2) is 15.0 Å². The predicted molar refractivity (Wildman–Crippen MR) is 223 cm³/mol. The second-order valence-corrected chi connectivity index (χ2v) is 13.9. The van der Waals surface area contributed by atoms with E-state index in [1.165, 1.54) is 0 Å². The van der Waals surface area contributed by atoms with E-state index < -0.39 is 0 Å². The molecular weight excluding hydrogens is 671 g/mol. The second-order valence-electron chi connectivity index (χ2n) is 13.9. The molecule has 55 heavy (non-hydrogen) atoms. The van der Waals surface area contributed by atoms with Crippen LogP contribution in [0.1, 0.15) is 22.9 Å². The number of allylic oxidation sites excluding steroid dienone is 2.